The zero-order valence-corrected chi connectivity index (χ0v) is 23.1. The minimum absolute atomic E-state index is 0.0338. The second kappa shape index (κ2) is 7.81. The van der Waals surface area contributed by atoms with Gasteiger partial charge in [0.05, 0.1) is 0 Å². The van der Waals surface area contributed by atoms with E-state index in [0.29, 0.717) is 6.04 Å². The first-order valence-corrected chi connectivity index (χ1v) is 26.0. The molecule has 0 fully saturated rings. The van der Waals surface area contributed by atoms with Crippen molar-refractivity contribution in [1.29, 1.82) is 0 Å². The van der Waals surface area contributed by atoms with Crippen LogP contribution in [0.25, 0.3) is 0 Å². The van der Waals surface area contributed by atoms with E-state index < -0.39 is 38.6 Å². The normalized spacial score (nSPS) is 16.8. The van der Waals surface area contributed by atoms with Crippen molar-refractivity contribution in [1.82, 2.24) is 0 Å². The lowest BCUT2D eigenvalue weighted by atomic mass is 10.9. The molecule has 2 nitrogen and oxygen atoms in total. The van der Waals surface area contributed by atoms with Gasteiger partial charge in [0.25, 0.3) is 6.69 Å². The molecule has 0 aromatic heterocycles. The van der Waals surface area contributed by atoms with Crippen LogP contribution in [0.15, 0.2) is 0 Å². The van der Waals surface area contributed by atoms with Gasteiger partial charge in [0.15, 0.2) is 16.6 Å². The van der Waals surface area contributed by atoms with Gasteiger partial charge in [-0.15, -0.1) is 44.3 Å². The smallest absolute Gasteiger partial charge is 0.317 e. The first-order chi connectivity index (χ1) is 9.25. The highest BCUT2D eigenvalue weighted by atomic mass is 35.7. The Morgan fingerprint density at radius 3 is 1.18 bits per heavy atom. The molecule has 134 valence electrons. The molecule has 0 rings (SSSR count). The number of hydrogen-bond acceptors (Lipinski definition) is 2. The molecule has 0 heterocycles. The highest BCUT2D eigenvalue weighted by molar-refractivity contribution is 7.50. The van der Waals surface area contributed by atoms with Gasteiger partial charge in [-0.3, -0.25) is 0 Å². The predicted molar refractivity (Wildman–Crippen MR) is 116 cm³/mol. The third-order valence-electron chi connectivity index (χ3n) is 2.83. The molecule has 0 aliphatic heterocycles. The average Bonchev–Trinajstić information content (AvgIpc) is 2.03. The maximum absolute atomic E-state index is 6.66. The lowest BCUT2D eigenvalue weighted by Gasteiger charge is -2.46. The molecular formula is C11H30Cl4O2Si5. The van der Waals surface area contributed by atoms with Crippen LogP contribution in [0.2, 0.25) is 70.1 Å². The zero-order chi connectivity index (χ0) is 18.2. The molecule has 1 atom stereocenters. The van der Waals surface area contributed by atoms with Crippen LogP contribution in [0, 0.1) is 0 Å². The second-order valence-electron chi connectivity index (χ2n) is 8.23. The summed E-state index contributed by atoms with van der Waals surface area (Å²) >= 11 is 26.2. The highest BCUT2D eigenvalue weighted by Crippen LogP contribution is 2.47. The van der Waals surface area contributed by atoms with Crippen LogP contribution >= 0.6 is 44.3 Å². The predicted octanol–water partition coefficient (Wildman–Crippen LogP) is 6.77. The van der Waals surface area contributed by atoms with Crippen molar-refractivity contribution in [3.8, 4) is 0 Å². The molecule has 1 unspecified atom stereocenters. The van der Waals surface area contributed by atoms with Gasteiger partial charge in [-0.1, -0.05) is 0 Å². The Labute approximate surface area is 160 Å². The summed E-state index contributed by atoms with van der Waals surface area (Å²) in [6.07, 6.45) is 0. The van der Waals surface area contributed by atoms with Crippen LogP contribution in [-0.4, -0.2) is 38.6 Å². The van der Waals surface area contributed by atoms with E-state index in [0.717, 1.165) is 0 Å². The van der Waals surface area contributed by atoms with E-state index in [1.807, 2.05) is 13.1 Å². The van der Waals surface area contributed by atoms with Crippen LogP contribution in [0.4, 0.5) is 0 Å². The van der Waals surface area contributed by atoms with Crippen molar-refractivity contribution < 1.29 is 8.23 Å². The fraction of sp³-hybridized carbons (Fsp3) is 1.00. The minimum Gasteiger partial charge on any atom is -0.437 e. The lowest BCUT2D eigenvalue weighted by molar-refractivity contribution is 0.380. The van der Waals surface area contributed by atoms with E-state index in [2.05, 4.69) is 45.8 Å². The summed E-state index contributed by atoms with van der Waals surface area (Å²) < 4.78 is 13.2. The van der Waals surface area contributed by atoms with Crippen molar-refractivity contribution in [3.05, 3.63) is 0 Å². The molecule has 22 heavy (non-hydrogen) atoms. The molecule has 0 spiro atoms. The molecule has 0 N–H and O–H groups in total. The molecule has 0 radical (unpaired) electrons. The Balaban J connectivity index is 5.84. The Bertz CT molecular complexity index is 355. The first kappa shape index (κ1) is 24.2. The molecule has 0 bridgehead atoms. The molecule has 0 saturated carbocycles. The average molecular weight is 477 g/mol. The monoisotopic (exact) mass is 474 g/mol. The van der Waals surface area contributed by atoms with Crippen LogP contribution in [0.3, 0.4) is 0 Å². The Hall–Kier alpha value is 2.16. The summed E-state index contributed by atoms with van der Waals surface area (Å²) in [7, 11) is -6.24. The summed E-state index contributed by atoms with van der Waals surface area (Å²) in [6, 6.07) is 0.628. The van der Waals surface area contributed by atoms with Gasteiger partial charge in [0.2, 0.25) is 6.69 Å². The lowest BCUT2D eigenvalue weighted by Crippen LogP contribution is -2.60. The maximum atomic E-state index is 6.66. The Morgan fingerprint density at radius 1 is 0.682 bits per heavy atom. The standard InChI is InChI=1S/C11H30Cl4O2Si5/c1-18(2,3)16-22(9,17-19(4,5)6)11(21(8,14)15)10-20(7,12)13/h11H,10H2,1-9H3. The SMILES string of the molecule is C[Si](Cl)(Cl)CC([Si](C)(Cl)Cl)[Si](C)(O[Si](C)(C)C)O[Si](C)(C)C. The number of hydrogen-bond donors (Lipinski definition) is 0. The van der Waals surface area contributed by atoms with Crippen LogP contribution in [0.5, 0.6) is 0 Å². The van der Waals surface area contributed by atoms with Gasteiger partial charge < -0.3 is 8.23 Å². The van der Waals surface area contributed by atoms with Crippen molar-refractivity contribution in [3.63, 3.8) is 0 Å². The van der Waals surface area contributed by atoms with E-state index in [-0.39, 0.29) is 5.16 Å². The van der Waals surface area contributed by atoms with Crippen molar-refractivity contribution in [2.24, 2.45) is 0 Å². The summed E-state index contributed by atoms with van der Waals surface area (Å²) in [5.41, 5.74) is 0. The Kier molecular flexibility index (Phi) is 8.58. The third kappa shape index (κ3) is 10.2. The fourth-order valence-corrected chi connectivity index (χ4v) is 32.2. The number of halogens is 4. The van der Waals surface area contributed by atoms with E-state index in [4.69, 9.17) is 52.5 Å². The fourth-order valence-electron chi connectivity index (χ4n) is 2.56. The van der Waals surface area contributed by atoms with Gasteiger partial charge in [-0.05, 0) is 65.0 Å². The quantitative estimate of drug-likeness (QED) is 0.284. The van der Waals surface area contributed by atoms with Crippen LogP contribution < -0.4 is 0 Å². The molecule has 0 saturated heterocycles. The molecule has 0 aliphatic carbocycles. The van der Waals surface area contributed by atoms with Crippen LogP contribution in [0.1, 0.15) is 0 Å². The molecule has 0 aliphatic rings. The summed E-state index contributed by atoms with van der Waals surface area (Å²) in [4.78, 5) is 0. The Morgan fingerprint density at radius 2 is 1.00 bits per heavy atom. The molecule has 0 aromatic carbocycles. The van der Waals surface area contributed by atoms with E-state index in [1.165, 1.54) is 0 Å². The second-order valence-corrected chi connectivity index (χ2v) is 37.7. The molecular weight excluding hydrogens is 446 g/mol. The highest BCUT2D eigenvalue weighted by Gasteiger charge is 2.56. The van der Waals surface area contributed by atoms with Crippen molar-refractivity contribution in [2.45, 2.75) is 70.1 Å². The first-order valence-electron chi connectivity index (χ1n) is 7.41. The van der Waals surface area contributed by atoms with E-state index in [9.17, 15) is 0 Å². The molecule has 0 amide bonds. The minimum atomic E-state index is -2.61. The summed E-state index contributed by atoms with van der Waals surface area (Å²) in [5, 5.41) is -0.0338. The molecule has 11 heteroatoms. The molecule has 0 aromatic rings. The van der Waals surface area contributed by atoms with Gasteiger partial charge in [-0.25, -0.2) is 0 Å². The van der Waals surface area contributed by atoms with Crippen molar-refractivity contribution >= 4 is 82.9 Å². The summed E-state index contributed by atoms with van der Waals surface area (Å²) in [5.74, 6) is 0. The largest absolute Gasteiger partial charge is 0.437 e. The van der Waals surface area contributed by atoms with Gasteiger partial charge in [0.1, 0.15) is 0 Å². The van der Waals surface area contributed by atoms with E-state index in [1.54, 1.807) is 0 Å². The van der Waals surface area contributed by atoms with Gasteiger partial charge in [-0.2, -0.15) is 0 Å². The van der Waals surface area contributed by atoms with Crippen LogP contribution in [-0.2, 0) is 8.23 Å². The van der Waals surface area contributed by atoms with Gasteiger partial charge >= 0.3 is 8.56 Å². The zero-order valence-electron chi connectivity index (χ0n) is 15.1. The van der Waals surface area contributed by atoms with E-state index >= 15 is 0 Å². The third-order valence-corrected chi connectivity index (χ3v) is 22.7. The topological polar surface area (TPSA) is 18.5 Å². The summed E-state index contributed by atoms with van der Waals surface area (Å²) in [6.45, 7) is 14.0. The number of rotatable bonds is 8. The van der Waals surface area contributed by atoms with Gasteiger partial charge in [0, 0.05) is 5.16 Å². The van der Waals surface area contributed by atoms with Crippen molar-refractivity contribution in [2.75, 3.05) is 0 Å². The maximum Gasteiger partial charge on any atom is 0.317 e.